The second kappa shape index (κ2) is 5.21. The second-order valence-corrected chi connectivity index (χ2v) is 6.34. The van der Waals surface area contributed by atoms with Gasteiger partial charge in [0.25, 0.3) is 14.6 Å². The Morgan fingerprint density at radius 1 is 1.40 bits per heavy atom. The van der Waals surface area contributed by atoms with Gasteiger partial charge in [-0.1, -0.05) is 0 Å². The van der Waals surface area contributed by atoms with E-state index in [9.17, 15) is 18.0 Å². The van der Waals surface area contributed by atoms with Crippen molar-refractivity contribution < 1.29 is 8.42 Å². The summed E-state index contributed by atoms with van der Waals surface area (Å²) in [6.45, 7) is 2.33. The number of rotatable bonds is 4. The minimum atomic E-state index is -4.24. The zero-order valence-corrected chi connectivity index (χ0v) is 11.8. The van der Waals surface area contributed by atoms with Crippen LogP contribution < -0.4 is 11.2 Å². The van der Waals surface area contributed by atoms with Gasteiger partial charge in [-0.05, 0) is 6.92 Å². The Morgan fingerprint density at radius 3 is 2.70 bits per heavy atom. The topological polar surface area (TPSA) is 120 Å². The molecule has 0 fully saturated rings. The van der Waals surface area contributed by atoms with Crippen LogP contribution in [0.5, 0.6) is 0 Å². The SMILES string of the molecule is CCn1ncnc1Cn1cc(S(=O)(=O)Cl)c(=O)[nH]c1=O. The highest BCUT2D eigenvalue weighted by molar-refractivity contribution is 8.13. The fraction of sp³-hybridized carbons (Fsp3) is 0.333. The Balaban J connectivity index is 2.53. The first kappa shape index (κ1) is 14.5. The van der Waals surface area contributed by atoms with Gasteiger partial charge in [0.1, 0.15) is 12.2 Å². The van der Waals surface area contributed by atoms with E-state index in [4.69, 9.17) is 10.7 Å². The molecule has 108 valence electrons. The van der Waals surface area contributed by atoms with Crippen LogP contribution in [0.4, 0.5) is 0 Å². The third kappa shape index (κ3) is 2.80. The minimum Gasteiger partial charge on any atom is -0.292 e. The van der Waals surface area contributed by atoms with Crippen molar-refractivity contribution in [2.75, 3.05) is 0 Å². The van der Waals surface area contributed by atoms with Gasteiger partial charge in [-0.3, -0.25) is 14.3 Å². The summed E-state index contributed by atoms with van der Waals surface area (Å²) >= 11 is 0. The molecular weight excluding hydrogens is 310 g/mol. The van der Waals surface area contributed by atoms with Crippen molar-refractivity contribution in [3.8, 4) is 0 Å². The van der Waals surface area contributed by atoms with E-state index in [1.165, 1.54) is 11.0 Å². The largest absolute Gasteiger partial charge is 0.328 e. The van der Waals surface area contributed by atoms with Crippen LogP contribution in [0.15, 0.2) is 27.0 Å². The highest BCUT2D eigenvalue weighted by atomic mass is 35.7. The van der Waals surface area contributed by atoms with Gasteiger partial charge in [0.15, 0.2) is 4.90 Å². The van der Waals surface area contributed by atoms with Crippen LogP contribution in [-0.4, -0.2) is 32.7 Å². The van der Waals surface area contributed by atoms with E-state index < -0.39 is 25.2 Å². The third-order valence-corrected chi connectivity index (χ3v) is 3.86. The Labute approximate surface area is 117 Å². The van der Waals surface area contributed by atoms with Crippen molar-refractivity contribution in [3.05, 3.63) is 39.2 Å². The average molecular weight is 320 g/mol. The second-order valence-electron chi connectivity index (χ2n) is 3.81. The van der Waals surface area contributed by atoms with Gasteiger partial charge >= 0.3 is 5.69 Å². The molecule has 1 N–H and O–H groups in total. The first-order chi connectivity index (χ1) is 9.32. The first-order valence-corrected chi connectivity index (χ1v) is 7.79. The predicted molar refractivity (Wildman–Crippen MR) is 69.2 cm³/mol. The molecule has 0 saturated carbocycles. The number of halogens is 1. The molecule has 0 bridgehead atoms. The van der Waals surface area contributed by atoms with Crippen LogP contribution in [-0.2, 0) is 22.1 Å². The molecule has 0 aliphatic heterocycles. The number of aryl methyl sites for hydroxylation is 1. The number of aromatic amines is 1. The van der Waals surface area contributed by atoms with E-state index in [1.807, 2.05) is 11.9 Å². The maximum atomic E-state index is 11.7. The van der Waals surface area contributed by atoms with Crippen molar-refractivity contribution in [3.63, 3.8) is 0 Å². The third-order valence-electron chi connectivity index (χ3n) is 2.55. The maximum absolute atomic E-state index is 11.7. The molecule has 20 heavy (non-hydrogen) atoms. The first-order valence-electron chi connectivity index (χ1n) is 5.48. The molecule has 0 aromatic carbocycles. The molecule has 0 unspecified atom stereocenters. The van der Waals surface area contributed by atoms with Crippen molar-refractivity contribution in [1.29, 1.82) is 0 Å². The van der Waals surface area contributed by atoms with E-state index >= 15 is 0 Å². The van der Waals surface area contributed by atoms with Gasteiger partial charge in [-0.2, -0.15) is 5.10 Å². The Morgan fingerprint density at radius 2 is 2.10 bits per heavy atom. The van der Waals surface area contributed by atoms with Gasteiger partial charge < -0.3 is 0 Å². The molecule has 0 saturated heterocycles. The number of H-pyrrole nitrogens is 1. The van der Waals surface area contributed by atoms with Gasteiger partial charge in [0.05, 0.1) is 6.54 Å². The number of nitrogens with zero attached hydrogens (tertiary/aromatic N) is 4. The zero-order valence-electron chi connectivity index (χ0n) is 10.3. The standard InChI is InChI=1S/C9H10ClN5O4S/c1-2-15-7(11-5-12-15)4-14-3-6(20(10,18)19)8(16)13-9(14)17/h3,5H,2,4H2,1H3,(H,13,16,17). The summed E-state index contributed by atoms with van der Waals surface area (Å²) in [5.74, 6) is 0.444. The summed E-state index contributed by atoms with van der Waals surface area (Å²) in [5.41, 5.74) is -1.82. The lowest BCUT2D eigenvalue weighted by molar-refractivity contribution is 0.571. The van der Waals surface area contributed by atoms with Crippen LogP contribution in [0.2, 0.25) is 0 Å². The molecule has 0 radical (unpaired) electrons. The maximum Gasteiger partial charge on any atom is 0.328 e. The summed E-state index contributed by atoms with van der Waals surface area (Å²) < 4.78 is 25.0. The van der Waals surface area contributed by atoms with E-state index in [0.29, 0.717) is 12.4 Å². The Hall–Kier alpha value is -1.94. The van der Waals surface area contributed by atoms with E-state index in [2.05, 4.69) is 10.1 Å². The monoisotopic (exact) mass is 319 g/mol. The summed E-state index contributed by atoms with van der Waals surface area (Å²) in [5, 5.41) is 3.92. The van der Waals surface area contributed by atoms with Crippen LogP contribution >= 0.6 is 10.7 Å². The molecule has 2 heterocycles. The van der Waals surface area contributed by atoms with Crippen molar-refractivity contribution >= 4 is 19.7 Å². The number of nitrogens with one attached hydrogen (secondary N) is 1. The van der Waals surface area contributed by atoms with E-state index in [1.54, 1.807) is 0 Å². The molecule has 2 rings (SSSR count). The molecule has 0 aliphatic rings. The normalized spacial score (nSPS) is 11.7. The van der Waals surface area contributed by atoms with Crippen molar-refractivity contribution in [1.82, 2.24) is 24.3 Å². The van der Waals surface area contributed by atoms with Crippen LogP contribution in [0.3, 0.4) is 0 Å². The van der Waals surface area contributed by atoms with Gasteiger partial charge in [0.2, 0.25) is 0 Å². The van der Waals surface area contributed by atoms with Gasteiger partial charge in [-0.25, -0.2) is 22.9 Å². The summed E-state index contributed by atoms with van der Waals surface area (Å²) in [6.07, 6.45) is 2.20. The fourth-order valence-electron chi connectivity index (χ4n) is 1.61. The number of hydrogen-bond acceptors (Lipinski definition) is 6. The molecule has 0 aliphatic carbocycles. The lowest BCUT2D eigenvalue weighted by atomic mass is 10.5. The van der Waals surface area contributed by atoms with Crippen LogP contribution in [0.25, 0.3) is 0 Å². The lowest BCUT2D eigenvalue weighted by Crippen LogP contribution is -2.33. The Bertz CT molecular complexity index is 850. The summed E-state index contributed by atoms with van der Waals surface area (Å²) in [6, 6.07) is 0. The van der Waals surface area contributed by atoms with Crippen molar-refractivity contribution in [2.45, 2.75) is 24.9 Å². The average Bonchev–Trinajstić information content (AvgIpc) is 2.78. The number of aromatic nitrogens is 5. The summed E-state index contributed by atoms with van der Waals surface area (Å²) in [4.78, 5) is 28.2. The molecule has 2 aromatic rings. The lowest BCUT2D eigenvalue weighted by Gasteiger charge is -2.06. The van der Waals surface area contributed by atoms with Gasteiger partial charge in [-0.15, -0.1) is 0 Å². The highest BCUT2D eigenvalue weighted by Gasteiger charge is 2.18. The fourth-order valence-corrected chi connectivity index (χ4v) is 2.46. The van der Waals surface area contributed by atoms with E-state index in [0.717, 1.165) is 10.8 Å². The molecular formula is C9H10ClN5O4S. The molecule has 2 aromatic heterocycles. The van der Waals surface area contributed by atoms with Crippen LogP contribution in [0.1, 0.15) is 12.7 Å². The molecule has 0 amide bonds. The molecule has 0 atom stereocenters. The van der Waals surface area contributed by atoms with Crippen LogP contribution in [0, 0.1) is 0 Å². The zero-order chi connectivity index (χ0) is 14.9. The molecule has 11 heteroatoms. The summed E-state index contributed by atoms with van der Waals surface area (Å²) in [7, 11) is 0.891. The van der Waals surface area contributed by atoms with E-state index in [-0.39, 0.29) is 6.54 Å². The predicted octanol–water partition coefficient (Wildman–Crippen LogP) is -0.876. The smallest absolute Gasteiger partial charge is 0.292 e. The quantitative estimate of drug-likeness (QED) is 0.731. The highest BCUT2D eigenvalue weighted by Crippen LogP contribution is 2.08. The van der Waals surface area contributed by atoms with Gasteiger partial charge in [0, 0.05) is 23.4 Å². The minimum absolute atomic E-state index is 0.0388. The molecule has 0 spiro atoms. The Kier molecular flexibility index (Phi) is 3.77. The van der Waals surface area contributed by atoms with Crippen molar-refractivity contribution in [2.24, 2.45) is 0 Å². The molecule has 9 nitrogen and oxygen atoms in total. The number of hydrogen-bond donors (Lipinski definition) is 1.